The fourth-order valence-electron chi connectivity index (χ4n) is 6.09. The van der Waals surface area contributed by atoms with Crippen molar-refractivity contribution < 1.29 is 19.5 Å². The summed E-state index contributed by atoms with van der Waals surface area (Å²) < 4.78 is 0. The fraction of sp³-hybridized carbons (Fsp3) is 0.682. The van der Waals surface area contributed by atoms with E-state index < -0.39 is 12.1 Å². The van der Waals surface area contributed by atoms with E-state index in [4.69, 9.17) is 17.2 Å². The number of aliphatic hydroxyl groups is 1. The largest absolute Gasteiger partial charge is 0.370 e. The second-order valence-corrected chi connectivity index (χ2v) is 15.1. The van der Waals surface area contributed by atoms with Crippen LogP contribution in [0.2, 0.25) is 0 Å². The first-order valence-corrected chi connectivity index (χ1v) is 20.8. The monoisotopic (exact) mass is 770 g/mol. The first-order valence-electron chi connectivity index (χ1n) is 20.8. The summed E-state index contributed by atoms with van der Waals surface area (Å²) in [6.45, 7) is 14.2. The van der Waals surface area contributed by atoms with Crippen molar-refractivity contribution in [1.82, 2.24) is 16.0 Å². The lowest BCUT2D eigenvalue weighted by atomic mass is 9.95. The van der Waals surface area contributed by atoms with Gasteiger partial charge in [-0.1, -0.05) is 71.1 Å². The number of carbonyl (C=O) groups is 3. The molecule has 55 heavy (non-hydrogen) atoms. The lowest BCUT2D eigenvalue weighted by Gasteiger charge is -2.19. The molecule has 0 aliphatic rings. The molecule has 0 saturated heterocycles. The van der Waals surface area contributed by atoms with E-state index in [2.05, 4.69) is 85.9 Å². The van der Waals surface area contributed by atoms with Crippen molar-refractivity contribution in [2.24, 2.45) is 28.1 Å². The summed E-state index contributed by atoms with van der Waals surface area (Å²) in [6, 6.07) is 0. The Morgan fingerprint density at radius 3 is 1.75 bits per heavy atom. The second kappa shape index (κ2) is 34.9. The van der Waals surface area contributed by atoms with Gasteiger partial charge in [0, 0.05) is 25.9 Å². The Morgan fingerprint density at radius 1 is 0.673 bits per heavy atom. The van der Waals surface area contributed by atoms with E-state index in [1.807, 2.05) is 0 Å². The van der Waals surface area contributed by atoms with Crippen LogP contribution in [0.3, 0.4) is 0 Å². The van der Waals surface area contributed by atoms with E-state index in [-0.39, 0.29) is 18.3 Å². The fourth-order valence-corrected chi connectivity index (χ4v) is 6.09. The molecule has 2 unspecified atom stereocenters. The average Bonchev–Trinajstić information content (AvgIpc) is 3.13. The molecule has 0 spiro atoms. The third kappa shape index (κ3) is 33.5. The van der Waals surface area contributed by atoms with Crippen LogP contribution in [0, 0.1) is 5.92 Å². The van der Waals surface area contributed by atoms with Crippen LogP contribution in [-0.4, -0.2) is 68.1 Å². The molecule has 11 heteroatoms. The third-order valence-corrected chi connectivity index (χ3v) is 9.51. The number of nitrogens with one attached hydrogen (secondary N) is 3. The highest BCUT2D eigenvalue weighted by Crippen LogP contribution is 2.18. The predicted octanol–water partition coefficient (Wildman–Crippen LogP) is 6.93. The van der Waals surface area contributed by atoms with Gasteiger partial charge in [-0.3, -0.25) is 14.6 Å². The molecule has 0 rings (SSSR count). The molecule has 0 bridgehead atoms. The highest BCUT2D eigenvalue weighted by Gasteiger charge is 2.18. The Balaban J connectivity index is 4.59. The molecule has 2 amide bonds. The lowest BCUT2D eigenvalue weighted by molar-refractivity contribution is -0.136. The number of aldehydes is 1. The standard InChI is InChI=1S/C44H79N7O4/c1-35(17-9-10-18-36(2)20-13-22-38(4)25-15-32-52)19-12-21-37(3)23-14-24-39(5)33-40(34-48-29-16-28-45)27-31-49-42(54)43(55)51-41(53)26-8-6-7-11-30-50-44(46)47/h17-18,21-22,24,32,40,43,48,55H,6-16,19-20,23,25-31,33-34,45H2,1-5H3,(H,49,54)(H,51,53)(H4,46,47,50)/b35-17+,36-18?,37-21+,38-22?,39-24+. The van der Waals surface area contributed by atoms with E-state index in [1.54, 1.807) is 0 Å². The zero-order valence-electron chi connectivity index (χ0n) is 35.2. The molecule has 0 heterocycles. The SMILES string of the molecule is CC(=CCC/C=C(\C)CC/C=C(\C)CC/C=C(\C)CC(CCNC(=O)C(O)NC(=O)CCCCCCN=C(N)N)CNCCCN)CCC=C(C)CCC=O. The predicted molar refractivity (Wildman–Crippen MR) is 231 cm³/mol. The molecule has 0 aromatic carbocycles. The number of aliphatic imine (C=N–C) groups is 1. The Kier molecular flexibility index (Phi) is 32.7. The number of nitrogens with two attached hydrogens (primary N) is 3. The van der Waals surface area contributed by atoms with Crippen molar-refractivity contribution in [2.75, 3.05) is 32.7 Å². The Labute approximate surface area is 334 Å². The summed E-state index contributed by atoms with van der Waals surface area (Å²) in [7, 11) is 0. The normalized spacial score (nSPS) is 14.1. The Hall–Kier alpha value is -3.54. The van der Waals surface area contributed by atoms with E-state index in [9.17, 15) is 19.5 Å². The van der Waals surface area contributed by atoms with Crippen molar-refractivity contribution in [3.8, 4) is 0 Å². The maximum atomic E-state index is 12.5. The van der Waals surface area contributed by atoms with Gasteiger partial charge in [0.15, 0.2) is 5.96 Å². The number of rotatable bonds is 34. The first kappa shape index (κ1) is 51.5. The van der Waals surface area contributed by atoms with Gasteiger partial charge in [-0.25, -0.2) is 0 Å². The number of carbonyl (C=O) groups excluding carboxylic acids is 3. The van der Waals surface area contributed by atoms with Gasteiger partial charge in [-0.2, -0.15) is 0 Å². The molecule has 10 N–H and O–H groups in total. The summed E-state index contributed by atoms with van der Waals surface area (Å²) in [5.74, 6) is -0.556. The molecule has 0 fully saturated rings. The quantitative estimate of drug-likeness (QED) is 0.00913. The molecule has 0 aromatic rings. The van der Waals surface area contributed by atoms with E-state index in [1.165, 1.54) is 27.9 Å². The smallest absolute Gasteiger partial charge is 0.269 e. The van der Waals surface area contributed by atoms with Crippen LogP contribution in [0.15, 0.2) is 63.2 Å². The van der Waals surface area contributed by atoms with Crippen LogP contribution in [0.5, 0.6) is 0 Å². The van der Waals surface area contributed by atoms with Gasteiger partial charge in [0.05, 0.1) is 0 Å². The number of guanidine groups is 1. The third-order valence-electron chi connectivity index (χ3n) is 9.51. The summed E-state index contributed by atoms with van der Waals surface area (Å²) in [5, 5.41) is 18.9. The van der Waals surface area contributed by atoms with Gasteiger partial charge >= 0.3 is 0 Å². The lowest BCUT2D eigenvalue weighted by Crippen LogP contribution is -2.47. The van der Waals surface area contributed by atoms with Crippen LogP contribution in [0.25, 0.3) is 0 Å². The van der Waals surface area contributed by atoms with Crippen LogP contribution in [-0.2, 0) is 14.4 Å². The highest BCUT2D eigenvalue weighted by molar-refractivity contribution is 5.86. The van der Waals surface area contributed by atoms with Gasteiger partial charge in [0.2, 0.25) is 12.1 Å². The van der Waals surface area contributed by atoms with Gasteiger partial charge in [-0.15, -0.1) is 0 Å². The molecular formula is C44H79N7O4. The minimum atomic E-state index is -1.57. The molecule has 0 aliphatic heterocycles. The average molecular weight is 770 g/mol. The van der Waals surface area contributed by atoms with Crippen molar-refractivity contribution in [3.05, 3.63) is 58.2 Å². The van der Waals surface area contributed by atoms with Crippen LogP contribution >= 0.6 is 0 Å². The second-order valence-electron chi connectivity index (χ2n) is 15.1. The van der Waals surface area contributed by atoms with Gasteiger partial charge < -0.3 is 43.1 Å². The minimum absolute atomic E-state index is 0.0786. The number of allylic oxidation sites excluding steroid dienone is 10. The maximum absolute atomic E-state index is 12.5. The minimum Gasteiger partial charge on any atom is -0.370 e. The van der Waals surface area contributed by atoms with Crippen LogP contribution < -0.4 is 33.2 Å². The zero-order chi connectivity index (χ0) is 41.1. The van der Waals surface area contributed by atoms with Gasteiger partial charge in [0.25, 0.3) is 5.91 Å². The van der Waals surface area contributed by atoms with E-state index in [0.717, 1.165) is 116 Å². The Morgan fingerprint density at radius 2 is 1.20 bits per heavy atom. The Bertz CT molecular complexity index is 1250. The number of aliphatic hydroxyl groups excluding tert-OH is 1. The summed E-state index contributed by atoms with van der Waals surface area (Å²) in [6.07, 6.45) is 27.1. The molecule has 11 nitrogen and oxygen atoms in total. The molecular weight excluding hydrogens is 691 g/mol. The molecule has 0 aliphatic carbocycles. The van der Waals surface area contributed by atoms with Crippen molar-refractivity contribution in [3.63, 3.8) is 0 Å². The number of nitrogens with zero attached hydrogens (tertiary/aromatic N) is 1. The number of unbranched alkanes of at least 4 members (excludes halogenated alkanes) is 4. The van der Waals surface area contributed by atoms with Crippen LogP contribution in [0.1, 0.15) is 150 Å². The topological polar surface area (TPSA) is 198 Å². The van der Waals surface area contributed by atoms with Gasteiger partial charge in [-0.05, 0) is 150 Å². The summed E-state index contributed by atoms with van der Waals surface area (Å²) in [4.78, 5) is 39.1. The number of amides is 2. The van der Waals surface area contributed by atoms with Crippen molar-refractivity contribution in [2.45, 2.75) is 156 Å². The van der Waals surface area contributed by atoms with E-state index in [0.29, 0.717) is 38.4 Å². The number of hydrogen-bond donors (Lipinski definition) is 7. The van der Waals surface area contributed by atoms with Crippen LogP contribution in [0.4, 0.5) is 0 Å². The zero-order valence-corrected chi connectivity index (χ0v) is 35.2. The summed E-state index contributed by atoms with van der Waals surface area (Å²) >= 11 is 0. The summed E-state index contributed by atoms with van der Waals surface area (Å²) in [5.41, 5.74) is 23.2. The number of hydrogen-bond acceptors (Lipinski definition) is 7. The molecule has 0 radical (unpaired) electrons. The molecule has 2 atom stereocenters. The van der Waals surface area contributed by atoms with Crippen molar-refractivity contribution >= 4 is 24.1 Å². The van der Waals surface area contributed by atoms with Gasteiger partial charge in [0.1, 0.15) is 6.29 Å². The van der Waals surface area contributed by atoms with Crippen molar-refractivity contribution in [1.29, 1.82) is 0 Å². The molecule has 0 aromatic heterocycles. The van der Waals surface area contributed by atoms with E-state index >= 15 is 0 Å². The highest BCUT2D eigenvalue weighted by atomic mass is 16.3. The first-order chi connectivity index (χ1) is 26.4. The maximum Gasteiger partial charge on any atom is 0.269 e. The molecule has 314 valence electrons. The molecule has 0 saturated carbocycles.